The third-order valence-electron chi connectivity index (χ3n) is 2.38. The third-order valence-corrected chi connectivity index (χ3v) is 2.38. The van der Waals surface area contributed by atoms with Crippen LogP contribution in [0, 0.1) is 0 Å². The summed E-state index contributed by atoms with van der Waals surface area (Å²) >= 11 is 0. The van der Waals surface area contributed by atoms with Crippen LogP contribution in [0.2, 0.25) is 0 Å². The van der Waals surface area contributed by atoms with Crippen molar-refractivity contribution in [1.29, 1.82) is 0 Å². The molecule has 8 heteroatoms. The summed E-state index contributed by atoms with van der Waals surface area (Å²) < 4.78 is 5.66. The highest BCUT2D eigenvalue weighted by Crippen LogP contribution is 1.91. The van der Waals surface area contributed by atoms with E-state index in [2.05, 4.69) is 10.4 Å². The molecule has 0 saturated heterocycles. The molecule has 1 aromatic heterocycles. The van der Waals surface area contributed by atoms with E-state index in [4.69, 9.17) is 4.74 Å². The molecular formula is C12H17N3O5. The van der Waals surface area contributed by atoms with Gasteiger partial charge in [-0.05, 0) is 13.3 Å². The third kappa shape index (κ3) is 5.51. The quantitative estimate of drug-likeness (QED) is 0.492. The van der Waals surface area contributed by atoms with Gasteiger partial charge >= 0.3 is 5.97 Å². The Morgan fingerprint density at radius 1 is 1.35 bits per heavy atom. The minimum Gasteiger partial charge on any atom is -0.466 e. The minimum absolute atomic E-state index is 0.218. The smallest absolute Gasteiger partial charge is 0.305 e. The molecule has 0 unspecified atom stereocenters. The number of nitrogens with one attached hydrogen (secondary N) is 2. The van der Waals surface area contributed by atoms with Gasteiger partial charge in [-0.3, -0.25) is 24.3 Å². The van der Waals surface area contributed by atoms with Gasteiger partial charge in [0, 0.05) is 25.1 Å². The summed E-state index contributed by atoms with van der Waals surface area (Å²) in [5.41, 5.74) is -0.925. The van der Waals surface area contributed by atoms with Crippen molar-refractivity contribution >= 4 is 11.9 Å². The molecule has 0 atom stereocenters. The SMILES string of the molecule is CCOC(=O)CCCNC(=O)Cn1[nH]c(=O)ccc1=O. The Hall–Kier alpha value is -2.38. The highest BCUT2D eigenvalue weighted by Gasteiger charge is 2.06. The van der Waals surface area contributed by atoms with E-state index in [0.717, 1.165) is 16.8 Å². The van der Waals surface area contributed by atoms with E-state index >= 15 is 0 Å². The van der Waals surface area contributed by atoms with Gasteiger partial charge in [0.05, 0.1) is 6.61 Å². The van der Waals surface area contributed by atoms with E-state index < -0.39 is 17.0 Å². The summed E-state index contributed by atoms with van der Waals surface area (Å²) in [6.45, 7) is 2.07. The van der Waals surface area contributed by atoms with Crippen LogP contribution < -0.4 is 16.4 Å². The van der Waals surface area contributed by atoms with Gasteiger partial charge in [0.2, 0.25) is 5.91 Å². The number of rotatable bonds is 7. The summed E-state index contributed by atoms with van der Waals surface area (Å²) in [6, 6.07) is 2.18. The number of hydrogen-bond acceptors (Lipinski definition) is 5. The van der Waals surface area contributed by atoms with Crippen LogP contribution in [-0.4, -0.2) is 34.8 Å². The maximum Gasteiger partial charge on any atom is 0.305 e. The van der Waals surface area contributed by atoms with Gasteiger partial charge in [0.1, 0.15) is 6.54 Å². The minimum atomic E-state index is -0.466. The number of aromatic nitrogens is 2. The molecule has 0 bridgehead atoms. The lowest BCUT2D eigenvalue weighted by Gasteiger charge is -2.06. The van der Waals surface area contributed by atoms with Crippen molar-refractivity contribution in [2.24, 2.45) is 0 Å². The Bertz CT molecular complexity index is 575. The number of H-pyrrole nitrogens is 1. The zero-order valence-corrected chi connectivity index (χ0v) is 11.2. The largest absolute Gasteiger partial charge is 0.466 e. The molecule has 0 saturated carbocycles. The number of carbonyl (C=O) groups excluding carboxylic acids is 2. The second kappa shape index (κ2) is 7.93. The number of aromatic amines is 1. The van der Waals surface area contributed by atoms with Crippen molar-refractivity contribution in [1.82, 2.24) is 15.1 Å². The predicted molar refractivity (Wildman–Crippen MR) is 70.2 cm³/mol. The van der Waals surface area contributed by atoms with Crippen LogP contribution in [0.25, 0.3) is 0 Å². The molecule has 0 aliphatic rings. The monoisotopic (exact) mass is 283 g/mol. The van der Waals surface area contributed by atoms with Gasteiger partial charge in [-0.15, -0.1) is 0 Å². The first-order valence-electron chi connectivity index (χ1n) is 6.25. The molecule has 0 aliphatic carbocycles. The Morgan fingerprint density at radius 3 is 2.80 bits per heavy atom. The first kappa shape index (κ1) is 15.7. The fraction of sp³-hybridized carbons (Fsp3) is 0.500. The lowest BCUT2D eigenvalue weighted by Crippen LogP contribution is -2.36. The van der Waals surface area contributed by atoms with Gasteiger partial charge in [0.25, 0.3) is 11.1 Å². The number of nitrogens with zero attached hydrogens (tertiary/aromatic N) is 1. The van der Waals surface area contributed by atoms with Crippen molar-refractivity contribution < 1.29 is 14.3 Å². The van der Waals surface area contributed by atoms with Crippen molar-refractivity contribution in [2.75, 3.05) is 13.2 Å². The zero-order valence-electron chi connectivity index (χ0n) is 11.2. The lowest BCUT2D eigenvalue weighted by molar-refractivity contribution is -0.143. The van der Waals surface area contributed by atoms with Crippen molar-refractivity contribution in [2.45, 2.75) is 26.3 Å². The predicted octanol–water partition coefficient (Wildman–Crippen LogP) is -1.00. The first-order chi connectivity index (χ1) is 9.52. The molecule has 1 amide bonds. The molecule has 110 valence electrons. The van der Waals surface area contributed by atoms with Crippen molar-refractivity contribution in [3.8, 4) is 0 Å². The first-order valence-corrected chi connectivity index (χ1v) is 6.25. The van der Waals surface area contributed by atoms with Crippen molar-refractivity contribution in [3.05, 3.63) is 32.8 Å². The topological polar surface area (TPSA) is 110 Å². The Kier molecular flexibility index (Phi) is 6.21. The van der Waals surface area contributed by atoms with E-state index in [1.807, 2.05) is 0 Å². The number of ether oxygens (including phenoxy) is 1. The van der Waals surface area contributed by atoms with Crippen LogP contribution in [0.1, 0.15) is 19.8 Å². The van der Waals surface area contributed by atoms with Crippen LogP contribution >= 0.6 is 0 Å². The van der Waals surface area contributed by atoms with Crippen molar-refractivity contribution in [3.63, 3.8) is 0 Å². The lowest BCUT2D eigenvalue weighted by atomic mass is 10.3. The summed E-state index contributed by atoms with van der Waals surface area (Å²) in [6.07, 6.45) is 0.668. The molecule has 0 radical (unpaired) electrons. The van der Waals surface area contributed by atoms with Gasteiger partial charge in [-0.25, -0.2) is 4.68 Å². The Morgan fingerprint density at radius 2 is 2.10 bits per heavy atom. The number of esters is 1. The molecule has 0 fully saturated rings. The molecule has 0 spiro atoms. The molecule has 0 aromatic carbocycles. The fourth-order valence-corrected chi connectivity index (χ4v) is 1.47. The molecule has 20 heavy (non-hydrogen) atoms. The second-order valence-electron chi connectivity index (χ2n) is 3.99. The van der Waals surface area contributed by atoms with Gasteiger partial charge in [0.15, 0.2) is 0 Å². The molecule has 2 N–H and O–H groups in total. The zero-order chi connectivity index (χ0) is 15.0. The maximum absolute atomic E-state index is 11.5. The molecule has 0 aliphatic heterocycles. The van der Waals surface area contributed by atoms with Crippen LogP contribution in [-0.2, 0) is 20.9 Å². The summed E-state index contributed by atoms with van der Waals surface area (Å²) in [5, 5.41) is 4.79. The molecular weight excluding hydrogens is 266 g/mol. The number of amides is 1. The van der Waals surface area contributed by atoms with Crippen LogP contribution in [0.3, 0.4) is 0 Å². The molecule has 8 nitrogen and oxygen atoms in total. The number of hydrogen-bond donors (Lipinski definition) is 2. The van der Waals surface area contributed by atoms with Crippen LogP contribution in [0.15, 0.2) is 21.7 Å². The molecule has 1 rings (SSSR count). The van der Waals surface area contributed by atoms with Gasteiger partial charge < -0.3 is 10.1 Å². The average molecular weight is 283 g/mol. The standard InChI is InChI=1S/C12H17N3O5/c1-2-20-12(19)4-3-7-13-10(17)8-15-11(18)6-5-9(16)14-15/h5-6H,2-4,7-8H2,1H3,(H,13,17)(H,14,16). The van der Waals surface area contributed by atoms with E-state index in [0.29, 0.717) is 19.6 Å². The fourth-order valence-electron chi connectivity index (χ4n) is 1.47. The molecule has 1 heterocycles. The molecule has 1 aromatic rings. The normalized spacial score (nSPS) is 10.1. The van der Waals surface area contributed by atoms with Crippen LogP contribution in [0.5, 0.6) is 0 Å². The highest BCUT2D eigenvalue weighted by atomic mass is 16.5. The average Bonchev–Trinajstić information content (AvgIpc) is 2.39. The Labute approximate surface area is 114 Å². The van der Waals surface area contributed by atoms with Gasteiger partial charge in [-0.2, -0.15) is 0 Å². The summed E-state index contributed by atoms with van der Waals surface area (Å²) in [5.74, 6) is -0.733. The number of carbonyl (C=O) groups is 2. The highest BCUT2D eigenvalue weighted by molar-refractivity contribution is 5.75. The maximum atomic E-state index is 11.5. The van der Waals surface area contributed by atoms with E-state index in [1.54, 1.807) is 6.92 Å². The summed E-state index contributed by atoms with van der Waals surface area (Å²) in [4.78, 5) is 45.0. The van der Waals surface area contributed by atoms with E-state index in [1.165, 1.54) is 0 Å². The van der Waals surface area contributed by atoms with E-state index in [-0.39, 0.29) is 18.9 Å². The Balaban J connectivity index is 2.34. The van der Waals surface area contributed by atoms with E-state index in [9.17, 15) is 19.2 Å². The van der Waals surface area contributed by atoms with Gasteiger partial charge in [-0.1, -0.05) is 0 Å². The van der Waals surface area contributed by atoms with Crippen LogP contribution in [0.4, 0.5) is 0 Å². The second-order valence-corrected chi connectivity index (χ2v) is 3.99. The summed E-state index contributed by atoms with van der Waals surface area (Å²) in [7, 11) is 0.